The first-order chi connectivity index (χ1) is 7.63. The molecule has 4 nitrogen and oxygen atoms in total. The molecule has 16 heavy (non-hydrogen) atoms. The zero-order valence-corrected chi connectivity index (χ0v) is 9.36. The van der Waals surface area contributed by atoms with Crippen molar-refractivity contribution in [1.82, 2.24) is 5.32 Å². The number of hydrogen-bond acceptors (Lipinski definition) is 3. The van der Waals surface area contributed by atoms with Gasteiger partial charge in [0.2, 0.25) is 6.08 Å². The van der Waals surface area contributed by atoms with Crippen LogP contribution in [0.5, 0.6) is 0 Å². The molecule has 0 aliphatic carbocycles. The van der Waals surface area contributed by atoms with Crippen molar-refractivity contribution in [2.45, 2.75) is 13.8 Å². The van der Waals surface area contributed by atoms with Crippen LogP contribution < -0.4 is 5.32 Å². The molecule has 0 spiro atoms. The minimum Gasteiger partial charge on any atom is -0.352 e. The molecule has 0 heterocycles. The molecule has 0 bridgehead atoms. The third-order valence-corrected chi connectivity index (χ3v) is 1.95. The Bertz CT molecular complexity index is 421. The van der Waals surface area contributed by atoms with Gasteiger partial charge in [-0.15, -0.1) is 0 Å². The largest absolute Gasteiger partial charge is 0.352 e. The number of nitrogens with zero attached hydrogens (tertiary/aromatic N) is 1. The van der Waals surface area contributed by atoms with Gasteiger partial charge in [0.1, 0.15) is 0 Å². The Hall–Kier alpha value is -1.93. The van der Waals surface area contributed by atoms with Gasteiger partial charge in [0.05, 0.1) is 5.69 Å². The molecule has 0 radical (unpaired) electrons. The van der Waals surface area contributed by atoms with Gasteiger partial charge in [-0.25, -0.2) is 4.79 Å². The van der Waals surface area contributed by atoms with Crippen LogP contribution in [0.4, 0.5) is 5.69 Å². The maximum absolute atomic E-state index is 11.7. The van der Waals surface area contributed by atoms with E-state index in [4.69, 9.17) is 0 Å². The Kier molecular flexibility index (Phi) is 4.42. The maximum atomic E-state index is 11.7. The first-order valence-corrected chi connectivity index (χ1v) is 5.09. The minimum absolute atomic E-state index is 0.156. The molecule has 0 aliphatic heterocycles. The Morgan fingerprint density at radius 3 is 2.88 bits per heavy atom. The second-order valence-electron chi connectivity index (χ2n) is 3.86. The van der Waals surface area contributed by atoms with Crippen molar-refractivity contribution in [3.63, 3.8) is 0 Å². The van der Waals surface area contributed by atoms with Crippen LogP contribution in [0.25, 0.3) is 0 Å². The molecule has 84 valence electrons. The summed E-state index contributed by atoms with van der Waals surface area (Å²) in [6.07, 6.45) is 1.44. The highest BCUT2D eigenvalue weighted by Crippen LogP contribution is 2.13. The van der Waals surface area contributed by atoms with E-state index in [2.05, 4.69) is 10.3 Å². The van der Waals surface area contributed by atoms with Crippen LogP contribution in [0, 0.1) is 5.92 Å². The lowest BCUT2D eigenvalue weighted by atomic mass is 10.1. The first kappa shape index (κ1) is 12.1. The number of nitrogens with one attached hydrogen (secondary N) is 1. The minimum atomic E-state index is -0.156. The second-order valence-corrected chi connectivity index (χ2v) is 3.86. The van der Waals surface area contributed by atoms with Crippen LogP contribution in [-0.2, 0) is 4.79 Å². The van der Waals surface area contributed by atoms with Crippen LogP contribution in [0.3, 0.4) is 0 Å². The topological polar surface area (TPSA) is 58.5 Å². The fourth-order valence-electron chi connectivity index (χ4n) is 1.17. The highest BCUT2D eigenvalue weighted by molar-refractivity contribution is 5.95. The van der Waals surface area contributed by atoms with Gasteiger partial charge >= 0.3 is 0 Å². The fraction of sp³-hybridized carbons (Fsp3) is 0.333. The molecular formula is C12H14N2O2. The lowest BCUT2D eigenvalue weighted by molar-refractivity contribution is 0.0949. The summed E-state index contributed by atoms with van der Waals surface area (Å²) in [5, 5.41) is 2.79. The fourth-order valence-corrected chi connectivity index (χ4v) is 1.17. The molecule has 0 saturated carbocycles. The summed E-state index contributed by atoms with van der Waals surface area (Å²) in [6.45, 7) is 4.67. The zero-order valence-electron chi connectivity index (χ0n) is 9.36. The quantitative estimate of drug-likeness (QED) is 0.621. The summed E-state index contributed by atoms with van der Waals surface area (Å²) in [7, 11) is 0. The number of benzene rings is 1. The molecule has 1 rings (SSSR count). The third-order valence-electron chi connectivity index (χ3n) is 1.95. The summed E-state index contributed by atoms with van der Waals surface area (Å²) in [6, 6.07) is 6.56. The third kappa shape index (κ3) is 3.67. The standard InChI is InChI=1S/C12H14N2O2/c1-9(2)7-13-12(16)10-4-3-5-11(6-10)14-8-15/h3-6,9H,7H2,1-2H3,(H,13,16). The van der Waals surface area contributed by atoms with E-state index in [0.717, 1.165) is 0 Å². The molecule has 0 fully saturated rings. The van der Waals surface area contributed by atoms with E-state index in [1.807, 2.05) is 13.8 Å². The number of carbonyl (C=O) groups is 1. The van der Waals surface area contributed by atoms with E-state index in [-0.39, 0.29) is 5.91 Å². The van der Waals surface area contributed by atoms with Crippen molar-refractivity contribution in [2.75, 3.05) is 6.54 Å². The number of hydrogen-bond donors (Lipinski definition) is 1. The van der Waals surface area contributed by atoms with Crippen molar-refractivity contribution >= 4 is 17.7 Å². The summed E-state index contributed by atoms with van der Waals surface area (Å²) in [4.78, 5) is 25.2. The number of aliphatic imine (C=N–C) groups is 1. The highest BCUT2D eigenvalue weighted by Gasteiger charge is 2.05. The summed E-state index contributed by atoms with van der Waals surface area (Å²) < 4.78 is 0. The molecule has 0 aliphatic rings. The van der Waals surface area contributed by atoms with Gasteiger partial charge in [-0.3, -0.25) is 4.79 Å². The van der Waals surface area contributed by atoms with Gasteiger partial charge in [0.15, 0.2) is 0 Å². The lowest BCUT2D eigenvalue weighted by Gasteiger charge is -2.07. The highest BCUT2D eigenvalue weighted by atomic mass is 16.1. The normalized spacial score (nSPS) is 9.69. The predicted molar refractivity (Wildman–Crippen MR) is 61.4 cm³/mol. The van der Waals surface area contributed by atoms with E-state index >= 15 is 0 Å². The van der Waals surface area contributed by atoms with Crippen LogP contribution in [0.2, 0.25) is 0 Å². The molecule has 0 aromatic heterocycles. The van der Waals surface area contributed by atoms with Gasteiger partial charge in [-0.1, -0.05) is 19.9 Å². The van der Waals surface area contributed by atoms with Crippen LogP contribution in [-0.4, -0.2) is 18.5 Å². The second kappa shape index (κ2) is 5.83. The predicted octanol–water partition coefficient (Wildman–Crippen LogP) is 2.04. The molecule has 1 aromatic carbocycles. The zero-order chi connectivity index (χ0) is 12.0. The Balaban J connectivity index is 2.75. The summed E-state index contributed by atoms with van der Waals surface area (Å²) in [5.41, 5.74) is 0.935. The molecule has 4 heteroatoms. The van der Waals surface area contributed by atoms with Crippen molar-refractivity contribution in [3.05, 3.63) is 29.8 Å². The number of carbonyl (C=O) groups excluding carboxylic acids is 2. The van der Waals surface area contributed by atoms with E-state index in [9.17, 15) is 9.59 Å². The SMILES string of the molecule is CC(C)CNC(=O)c1cccc(N=C=O)c1. The van der Waals surface area contributed by atoms with Crippen LogP contribution in [0.1, 0.15) is 24.2 Å². The Morgan fingerprint density at radius 1 is 1.50 bits per heavy atom. The van der Waals surface area contributed by atoms with Crippen molar-refractivity contribution in [1.29, 1.82) is 0 Å². The number of amides is 1. The molecule has 1 amide bonds. The van der Waals surface area contributed by atoms with Gasteiger partial charge in [-0.05, 0) is 24.1 Å². The molecule has 0 saturated heterocycles. The smallest absolute Gasteiger partial charge is 0.251 e. The number of isocyanates is 1. The average molecular weight is 218 g/mol. The van der Waals surface area contributed by atoms with Gasteiger partial charge in [0, 0.05) is 12.1 Å². The molecular weight excluding hydrogens is 204 g/mol. The van der Waals surface area contributed by atoms with Gasteiger partial charge in [0.25, 0.3) is 5.91 Å². The van der Waals surface area contributed by atoms with E-state index in [0.29, 0.717) is 23.7 Å². The van der Waals surface area contributed by atoms with Crippen LogP contribution in [0.15, 0.2) is 29.3 Å². The monoisotopic (exact) mass is 218 g/mol. The summed E-state index contributed by atoms with van der Waals surface area (Å²) in [5.74, 6) is 0.247. The van der Waals surface area contributed by atoms with Crippen LogP contribution >= 0.6 is 0 Å². The first-order valence-electron chi connectivity index (χ1n) is 5.09. The Morgan fingerprint density at radius 2 is 2.25 bits per heavy atom. The van der Waals surface area contributed by atoms with Crippen molar-refractivity contribution in [2.24, 2.45) is 10.9 Å². The average Bonchev–Trinajstić information content (AvgIpc) is 2.26. The van der Waals surface area contributed by atoms with E-state index in [1.165, 1.54) is 6.08 Å². The van der Waals surface area contributed by atoms with Crippen molar-refractivity contribution < 1.29 is 9.59 Å². The van der Waals surface area contributed by atoms with E-state index < -0.39 is 0 Å². The maximum Gasteiger partial charge on any atom is 0.251 e. The van der Waals surface area contributed by atoms with Gasteiger partial charge < -0.3 is 5.32 Å². The molecule has 1 N–H and O–H groups in total. The Labute approximate surface area is 94.4 Å². The summed E-state index contributed by atoms with van der Waals surface area (Å²) >= 11 is 0. The lowest BCUT2D eigenvalue weighted by Crippen LogP contribution is -2.27. The number of rotatable bonds is 4. The molecule has 0 atom stereocenters. The van der Waals surface area contributed by atoms with Crippen molar-refractivity contribution in [3.8, 4) is 0 Å². The molecule has 1 aromatic rings. The molecule has 0 unspecified atom stereocenters. The van der Waals surface area contributed by atoms with E-state index in [1.54, 1.807) is 24.3 Å². The van der Waals surface area contributed by atoms with Gasteiger partial charge in [-0.2, -0.15) is 4.99 Å².